The lowest BCUT2D eigenvalue weighted by Gasteiger charge is -2.32. The summed E-state index contributed by atoms with van der Waals surface area (Å²) < 4.78 is 0. The van der Waals surface area contributed by atoms with E-state index in [1.54, 1.807) is 11.3 Å². The Hall–Kier alpha value is -2.25. The molecule has 1 atom stereocenters. The first-order valence-corrected chi connectivity index (χ1v) is 9.26. The van der Waals surface area contributed by atoms with Gasteiger partial charge in [0.2, 0.25) is 11.8 Å². The number of nitrogens with zero attached hydrogens (tertiary/aromatic N) is 2. The summed E-state index contributed by atoms with van der Waals surface area (Å²) in [6, 6.07) is 7.28. The molecule has 1 saturated heterocycles. The van der Waals surface area contributed by atoms with Crippen LogP contribution in [0.25, 0.3) is 11.3 Å². The van der Waals surface area contributed by atoms with Crippen molar-refractivity contribution in [2.24, 2.45) is 5.73 Å². The number of primary amides is 1. The fraction of sp³-hybridized carbons (Fsp3) is 0.389. The van der Waals surface area contributed by atoms with E-state index in [0.29, 0.717) is 0 Å². The molecule has 1 unspecified atom stereocenters. The van der Waals surface area contributed by atoms with E-state index in [-0.39, 0.29) is 24.4 Å². The number of hydrogen-bond donors (Lipinski definition) is 2. The minimum Gasteiger partial charge on any atom is -0.368 e. The van der Waals surface area contributed by atoms with Gasteiger partial charge < -0.3 is 11.1 Å². The number of carbonyl (C=O) groups is 2. The van der Waals surface area contributed by atoms with Gasteiger partial charge in [0, 0.05) is 16.6 Å². The van der Waals surface area contributed by atoms with E-state index < -0.39 is 0 Å². The van der Waals surface area contributed by atoms with E-state index in [4.69, 9.17) is 5.73 Å². The fourth-order valence-electron chi connectivity index (χ4n) is 3.14. The summed E-state index contributed by atoms with van der Waals surface area (Å²) in [6.07, 6.45) is 2.68. The first-order chi connectivity index (χ1) is 12.0. The minimum absolute atomic E-state index is 0.139. The van der Waals surface area contributed by atoms with Crippen LogP contribution in [-0.4, -0.2) is 40.8 Å². The van der Waals surface area contributed by atoms with E-state index in [1.807, 2.05) is 41.5 Å². The summed E-state index contributed by atoms with van der Waals surface area (Å²) in [5, 5.41) is 5.92. The highest BCUT2D eigenvalue weighted by molar-refractivity contribution is 7.09. The van der Waals surface area contributed by atoms with Crippen LogP contribution in [-0.2, 0) is 9.59 Å². The summed E-state index contributed by atoms with van der Waals surface area (Å²) in [5.41, 5.74) is 8.05. The number of benzene rings is 1. The van der Waals surface area contributed by atoms with Crippen LogP contribution < -0.4 is 11.1 Å². The van der Waals surface area contributed by atoms with Crippen LogP contribution in [0.15, 0.2) is 29.6 Å². The Kier molecular flexibility index (Phi) is 5.45. The second kappa shape index (κ2) is 7.76. The molecule has 1 aromatic carbocycles. The number of aromatic nitrogens is 1. The van der Waals surface area contributed by atoms with Crippen LogP contribution in [0.3, 0.4) is 0 Å². The maximum absolute atomic E-state index is 12.4. The highest BCUT2D eigenvalue weighted by Gasteiger charge is 2.28. The third kappa shape index (κ3) is 4.43. The standard InChI is InChI=1S/C18H22N4O2S/c1-12-20-15(11-25-12)13-5-4-6-14(9-13)21-17(23)10-22-8-3-2-7-16(22)18(19)24/h4-6,9,11,16H,2-3,7-8,10H2,1H3,(H2,19,24)(H,21,23). The number of hydrogen-bond acceptors (Lipinski definition) is 5. The molecule has 132 valence electrons. The number of piperidine rings is 1. The molecule has 25 heavy (non-hydrogen) atoms. The largest absolute Gasteiger partial charge is 0.368 e. The molecule has 0 radical (unpaired) electrons. The van der Waals surface area contributed by atoms with Crippen molar-refractivity contribution in [3.8, 4) is 11.3 Å². The molecule has 3 N–H and O–H groups in total. The maximum atomic E-state index is 12.4. The topological polar surface area (TPSA) is 88.3 Å². The average Bonchev–Trinajstić information content (AvgIpc) is 3.02. The molecule has 3 rings (SSSR count). The zero-order chi connectivity index (χ0) is 17.8. The third-order valence-electron chi connectivity index (χ3n) is 4.35. The van der Waals surface area contributed by atoms with Gasteiger partial charge in [-0.2, -0.15) is 0 Å². The van der Waals surface area contributed by atoms with Crippen LogP contribution in [0, 0.1) is 6.92 Å². The van der Waals surface area contributed by atoms with E-state index in [2.05, 4.69) is 10.3 Å². The molecular formula is C18H22N4O2S. The molecule has 6 nitrogen and oxygen atoms in total. The van der Waals surface area contributed by atoms with Crippen LogP contribution in [0.2, 0.25) is 0 Å². The monoisotopic (exact) mass is 358 g/mol. The normalized spacial score (nSPS) is 18.0. The summed E-state index contributed by atoms with van der Waals surface area (Å²) in [4.78, 5) is 30.3. The molecule has 0 saturated carbocycles. The number of rotatable bonds is 5. The SMILES string of the molecule is Cc1nc(-c2cccc(NC(=O)CN3CCCCC3C(N)=O)c2)cs1. The molecule has 0 bridgehead atoms. The maximum Gasteiger partial charge on any atom is 0.238 e. The van der Waals surface area contributed by atoms with Gasteiger partial charge in [-0.05, 0) is 38.4 Å². The lowest BCUT2D eigenvalue weighted by Crippen LogP contribution is -2.50. The molecule has 1 aromatic heterocycles. The number of thiazole rings is 1. The van der Waals surface area contributed by atoms with Crippen molar-refractivity contribution in [1.29, 1.82) is 0 Å². The zero-order valence-corrected chi connectivity index (χ0v) is 15.0. The molecule has 0 aliphatic carbocycles. The number of anilines is 1. The van der Waals surface area contributed by atoms with Gasteiger partial charge in [0.15, 0.2) is 0 Å². The molecule has 2 heterocycles. The van der Waals surface area contributed by atoms with Crippen molar-refractivity contribution < 1.29 is 9.59 Å². The molecule has 0 spiro atoms. The lowest BCUT2D eigenvalue weighted by molar-refractivity contribution is -0.126. The van der Waals surface area contributed by atoms with Gasteiger partial charge in [0.1, 0.15) is 0 Å². The van der Waals surface area contributed by atoms with Crippen molar-refractivity contribution in [1.82, 2.24) is 9.88 Å². The highest BCUT2D eigenvalue weighted by atomic mass is 32.1. The van der Waals surface area contributed by atoms with Crippen LogP contribution in [0.1, 0.15) is 24.3 Å². The molecule has 1 aliphatic rings. The Morgan fingerprint density at radius 1 is 1.40 bits per heavy atom. The van der Waals surface area contributed by atoms with Gasteiger partial charge in [-0.3, -0.25) is 14.5 Å². The van der Waals surface area contributed by atoms with Crippen molar-refractivity contribution in [3.05, 3.63) is 34.7 Å². The Bertz CT molecular complexity index is 774. The van der Waals surface area contributed by atoms with Crippen molar-refractivity contribution in [3.63, 3.8) is 0 Å². The average molecular weight is 358 g/mol. The predicted octanol–water partition coefficient (Wildman–Crippen LogP) is 2.40. The van der Waals surface area contributed by atoms with E-state index in [1.165, 1.54) is 0 Å². The number of nitrogens with two attached hydrogens (primary N) is 1. The van der Waals surface area contributed by atoms with Crippen LogP contribution in [0.4, 0.5) is 5.69 Å². The third-order valence-corrected chi connectivity index (χ3v) is 5.12. The summed E-state index contributed by atoms with van der Waals surface area (Å²) in [5.74, 6) is -0.492. The lowest BCUT2D eigenvalue weighted by atomic mass is 10.0. The van der Waals surface area contributed by atoms with Crippen molar-refractivity contribution >= 4 is 28.8 Å². The van der Waals surface area contributed by atoms with E-state index in [0.717, 1.165) is 47.8 Å². The fourth-order valence-corrected chi connectivity index (χ4v) is 3.76. The Morgan fingerprint density at radius 3 is 2.96 bits per heavy atom. The zero-order valence-electron chi connectivity index (χ0n) is 14.2. The quantitative estimate of drug-likeness (QED) is 0.859. The van der Waals surface area contributed by atoms with E-state index >= 15 is 0 Å². The van der Waals surface area contributed by atoms with Crippen LogP contribution >= 0.6 is 11.3 Å². The second-order valence-electron chi connectivity index (χ2n) is 6.27. The van der Waals surface area contributed by atoms with Gasteiger partial charge in [-0.1, -0.05) is 18.6 Å². The molecule has 7 heteroatoms. The number of aryl methyl sites for hydroxylation is 1. The van der Waals surface area contributed by atoms with Gasteiger partial charge in [0.05, 0.1) is 23.3 Å². The first kappa shape index (κ1) is 17.6. The summed E-state index contributed by atoms with van der Waals surface area (Å²) >= 11 is 1.60. The molecule has 2 amide bonds. The minimum atomic E-state index is -0.353. The molecule has 1 aliphatic heterocycles. The van der Waals surface area contributed by atoms with Crippen LogP contribution in [0.5, 0.6) is 0 Å². The Labute approximate surface area is 151 Å². The number of amides is 2. The predicted molar refractivity (Wildman–Crippen MR) is 99.3 cm³/mol. The summed E-state index contributed by atoms with van der Waals surface area (Å²) in [6.45, 7) is 2.86. The number of nitrogens with one attached hydrogen (secondary N) is 1. The highest BCUT2D eigenvalue weighted by Crippen LogP contribution is 2.24. The number of likely N-dealkylation sites (tertiary alicyclic amines) is 1. The number of carbonyl (C=O) groups excluding carboxylic acids is 2. The van der Waals surface area contributed by atoms with E-state index in [9.17, 15) is 9.59 Å². The van der Waals surface area contributed by atoms with Gasteiger partial charge >= 0.3 is 0 Å². The Morgan fingerprint density at radius 2 is 2.24 bits per heavy atom. The first-order valence-electron chi connectivity index (χ1n) is 8.39. The summed E-state index contributed by atoms with van der Waals surface area (Å²) in [7, 11) is 0. The smallest absolute Gasteiger partial charge is 0.238 e. The molecule has 2 aromatic rings. The Balaban J connectivity index is 1.65. The van der Waals surface area contributed by atoms with Crippen molar-refractivity contribution in [2.45, 2.75) is 32.2 Å². The second-order valence-corrected chi connectivity index (χ2v) is 7.33. The van der Waals surface area contributed by atoms with Crippen molar-refractivity contribution in [2.75, 3.05) is 18.4 Å². The van der Waals surface area contributed by atoms with Gasteiger partial charge in [0.25, 0.3) is 0 Å². The molecular weight excluding hydrogens is 336 g/mol. The molecule has 1 fully saturated rings. The van der Waals surface area contributed by atoms with Gasteiger partial charge in [-0.15, -0.1) is 11.3 Å². The van der Waals surface area contributed by atoms with Gasteiger partial charge in [-0.25, -0.2) is 4.98 Å².